The van der Waals surface area contributed by atoms with Gasteiger partial charge in [0.1, 0.15) is 6.04 Å². The molecule has 0 radical (unpaired) electrons. The van der Waals surface area contributed by atoms with Crippen molar-refractivity contribution < 1.29 is 29.7 Å². The highest BCUT2D eigenvalue weighted by atomic mass is 16.4. The second-order valence-electron chi connectivity index (χ2n) is 4.67. The molecule has 0 aliphatic carbocycles. The number of nitrogens with one attached hydrogen (secondary N) is 1. The third kappa shape index (κ3) is 4.40. The first-order chi connectivity index (χ1) is 8.81. The van der Waals surface area contributed by atoms with Crippen molar-refractivity contribution in [1.82, 2.24) is 10.2 Å². The summed E-state index contributed by atoms with van der Waals surface area (Å²) in [4.78, 5) is 34.5. The molecule has 0 aromatic carbocycles. The number of carbonyl (C=O) groups excluding carboxylic acids is 1. The third-order valence-electron chi connectivity index (χ3n) is 3.17. The standard InChI is InChI=1S/C11H18N2O6/c1-6(14)7-2-3-13(5-7)11(19)12-8(10(17)18)4-9(15)16/h6-8,14H,2-5H2,1H3,(H,12,19)(H,15,16)(H,17,18)/t6?,7?,8-/m1/s1. The molecule has 1 aliphatic heterocycles. The number of nitrogens with zero attached hydrogens (tertiary/aromatic N) is 1. The van der Waals surface area contributed by atoms with Crippen molar-refractivity contribution in [2.45, 2.75) is 31.9 Å². The van der Waals surface area contributed by atoms with Crippen LogP contribution in [0.1, 0.15) is 19.8 Å². The molecule has 0 aromatic rings. The summed E-state index contributed by atoms with van der Waals surface area (Å²) in [7, 11) is 0. The highest BCUT2D eigenvalue weighted by Crippen LogP contribution is 2.19. The van der Waals surface area contributed by atoms with Crippen LogP contribution in [0.2, 0.25) is 0 Å². The summed E-state index contributed by atoms with van der Waals surface area (Å²) < 4.78 is 0. The molecular weight excluding hydrogens is 256 g/mol. The first-order valence-electron chi connectivity index (χ1n) is 5.99. The van der Waals surface area contributed by atoms with E-state index < -0.39 is 36.5 Å². The summed E-state index contributed by atoms with van der Waals surface area (Å²) in [6.07, 6.45) is -0.566. The van der Waals surface area contributed by atoms with Gasteiger partial charge in [0.05, 0.1) is 12.5 Å². The van der Waals surface area contributed by atoms with Crippen molar-refractivity contribution >= 4 is 18.0 Å². The lowest BCUT2D eigenvalue weighted by atomic mass is 10.0. The third-order valence-corrected chi connectivity index (χ3v) is 3.17. The van der Waals surface area contributed by atoms with Gasteiger partial charge in [-0.2, -0.15) is 0 Å². The van der Waals surface area contributed by atoms with Crippen LogP contribution in [0.15, 0.2) is 0 Å². The second kappa shape index (κ2) is 6.37. The van der Waals surface area contributed by atoms with E-state index in [4.69, 9.17) is 10.2 Å². The molecule has 2 unspecified atom stereocenters. The van der Waals surface area contributed by atoms with E-state index in [0.29, 0.717) is 19.5 Å². The van der Waals surface area contributed by atoms with Crippen LogP contribution in [0.5, 0.6) is 0 Å². The molecule has 0 saturated carbocycles. The van der Waals surface area contributed by atoms with Gasteiger partial charge in [-0.15, -0.1) is 0 Å². The Hall–Kier alpha value is -1.83. The number of hydrogen-bond donors (Lipinski definition) is 4. The van der Waals surface area contributed by atoms with E-state index in [-0.39, 0.29) is 5.92 Å². The van der Waals surface area contributed by atoms with Gasteiger partial charge in [-0.3, -0.25) is 4.79 Å². The average molecular weight is 274 g/mol. The fourth-order valence-electron chi connectivity index (χ4n) is 1.98. The minimum atomic E-state index is -1.45. The smallest absolute Gasteiger partial charge is 0.326 e. The predicted octanol–water partition coefficient (Wildman–Crippen LogP) is -0.673. The highest BCUT2D eigenvalue weighted by Gasteiger charge is 2.31. The summed E-state index contributed by atoms with van der Waals surface area (Å²) in [5.41, 5.74) is 0. The Kier molecular flexibility index (Phi) is 5.11. The van der Waals surface area contributed by atoms with Gasteiger partial charge >= 0.3 is 18.0 Å². The summed E-state index contributed by atoms with van der Waals surface area (Å²) in [6.45, 7) is 2.39. The fraction of sp³-hybridized carbons (Fsp3) is 0.727. The van der Waals surface area contributed by atoms with E-state index in [1.807, 2.05) is 0 Å². The Morgan fingerprint density at radius 2 is 2.00 bits per heavy atom. The summed E-state index contributed by atoms with van der Waals surface area (Å²) in [5.74, 6) is -2.72. The van der Waals surface area contributed by atoms with E-state index in [9.17, 15) is 19.5 Å². The minimum absolute atomic E-state index is 0.0338. The maximum Gasteiger partial charge on any atom is 0.326 e. The number of rotatable bonds is 5. The fourth-order valence-corrected chi connectivity index (χ4v) is 1.98. The molecule has 3 atom stereocenters. The van der Waals surface area contributed by atoms with Crippen molar-refractivity contribution in [3.05, 3.63) is 0 Å². The van der Waals surface area contributed by atoms with Crippen molar-refractivity contribution in [3.63, 3.8) is 0 Å². The number of aliphatic hydroxyl groups excluding tert-OH is 1. The summed E-state index contributed by atoms with van der Waals surface area (Å²) in [6, 6.07) is -2.06. The number of hydrogen-bond acceptors (Lipinski definition) is 4. The van der Waals surface area contributed by atoms with Crippen LogP contribution in [-0.2, 0) is 9.59 Å². The zero-order chi connectivity index (χ0) is 14.6. The molecule has 1 fully saturated rings. The van der Waals surface area contributed by atoms with E-state index in [1.54, 1.807) is 6.92 Å². The quantitative estimate of drug-likeness (QED) is 0.526. The molecular formula is C11H18N2O6. The molecule has 8 nitrogen and oxygen atoms in total. The molecule has 1 saturated heterocycles. The number of likely N-dealkylation sites (tertiary alicyclic amines) is 1. The average Bonchev–Trinajstić information content (AvgIpc) is 2.76. The van der Waals surface area contributed by atoms with E-state index in [2.05, 4.69) is 5.32 Å². The van der Waals surface area contributed by atoms with E-state index in [0.717, 1.165) is 0 Å². The Balaban J connectivity index is 2.54. The highest BCUT2D eigenvalue weighted by molar-refractivity contribution is 5.86. The van der Waals surface area contributed by atoms with Gasteiger partial charge < -0.3 is 25.5 Å². The van der Waals surface area contributed by atoms with Crippen LogP contribution >= 0.6 is 0 Å². The molecule has 4 N–H and O–H groups in total. The van der Waals surface area contributed by atoms with Crippen LogP contribution in [-0.4, -0.2) is 63.4 Å². The molecule has 0 spiro atoms. The largest absolute Gasteiger partial charge is 0.481 e. The Bertz CT molecular complexity index is 370. The number of urea groups is 1. The van der Waals surface area contributed by atoms with Gasteiger partial charge in [-0.1, -0.05) is 0 Å². The molecule has 0 aromatic heterocycles. The second-order valence-corrected chi connectivity index (χ2v) is 4.67. The van der Waals surface area contributed by atoms with Gasteiger partial charge in [0.25, 0.3) is 0 Å². The molecule has 8 heteroatoms. The Morgan fingerprint density at radius 3 is 2.42 bits per heavy atom. The van der Waals surface area contributed by atoms with Gasteiger partial charge in [0.2, 0.25) is 0 Å². The molecule has 108 valence electrons. The Labute approximate surface area is 110 Å². The van der Waals surface area contributed by atoms with E-state index >= 15 is 0 Å². The number of carboxylic acids is 2. The molecule has 1 aliphatic rings. The SMILES string of the molecule is CC(O)C1CCN(C(=O)N[C@H](CC(=O)O)C(=O)O)C1. The topological polar surface area (TPSA) is 127 Å². The van der Waals surface area contributed by atoms with Crippen LogP contribution < -0.4 is 5.32 Å². The first-order valence-corrected chi connectivity index (χ1v) is 5.99. The van der Waals surface area contributed by atoms with Crippen LogP contribution in [0, 0.1) is 5.92 Å². The summed E-state index contributed by atoms with van der Waals surface area (Å²) >= 11 is 0. The zero-order valence-electron chi connectivity index (χ0n) is 10.6. The van der Waals surface area contributed by atoms with Crippen molar-refractivity contribution in [2.75, 3.05) is 13.1 Å². The maximum absolute atomic E-state index is 11.8. The zero-order valence-corrected chi connectivity index (χ0v) is 10.6. The van der Waals surface area contributed by atoms with Crippen molar-refractivity contribution in [2.24, 2.45) is 5.92 Å². The van der Waals surface area contributed by atoms with Gasteiger partial charge in [-0.25, -0.2) is 9.59 Å². The molecule has 2 amide bonds. The van der Waals surface area contributed by atoms with E-state index in [1.165, 1.54) is 4.90 Å². The van der Waals surface area contributed by atoms with Gasteiger partial charge in [0.15, 0.2) is 0 Å². The minimum Gasteiger partial charge on any atom is -0.481 e. The molecule has 1 rings (SSSR count). The van der Waals surface area contributed by atoms with Gasteiger partial charge in [-0.05, 0) is 13.3 Å². The van der Waals surface area contributed by atoms with Crippen LogP contribution in [0.25, 0.3) is 0 Å². The normalized spacial score (nSPS) is 21.8. The Morgan fingerprint density at radius 1 is 1.37 bits per heavy atom. The predicted molar refractivity (Wildman–Crippen MR) is 63.6 cm³/mol. The number of aliphatic hydroxyl groups is 1. The van der Waals surface area contributed by atoms with Crippen molar-refractivity contribution in [1.29, 1.82) is 0 Å². The number of carbonyl (C=O) groups is 3. The molecule has 0 bridgehead atoms. The number of carboxylic acid groups (broad SMARTS) is 2. The lowest BCUT2D eigenvalue weighted by molar-refractivity contribution is -0.145. The monoisotopic (exact) mass is 274 g/mol. The number of aliphatic carboxylic acids is 2. The maximum atomic E-state index is 11.8. The molecule has 19 heavy (non-hydrogen) atoms. The lowest BCUT2D eigenvalue weighted by Gasteiger charge is -2.20. The summed E-state index contributed by atoms with van der Waals surface area (Å²) in [5, 5.41) is 29.0. The first kappa shape index (κ1) is 15.2. The van der Waals surface area contributed by atoms with Crippen LogP contribution in [0.3, 0.4) is 0 Å². The van der Waals surface area contributed by atoms with Crippen LogP contribution in [0.4, 0.5) is 4.79 Å². The lowest BCUT2D eigenvalue weighted by Crippen LogP contribution is -2.48. The van der Waals surface area contributed by atoms with Gasteiger partial charge in [0, 0.05) is 19.0 Å². The molecule has 1 heterocycles. The van der Waals surface area contributed by atoms with Crippen molar-refractivity contribution in [3.8, 4) is 0 Å². The number of amides is 2.